The van der Waals surface area contributed by atoms with E-state index in [4.69, 9.17) is 0 Å². The Labute approximate surface area is 112 Å². The van der Waals surface area contributed by atoms with Gasteiger partial charge in [-0.2, -0.15) is 0 Å². The summed E-state index contributed by atoms with van der Waals surface area (Å²) in [6.45, 7) is 5.21. The third-order valence-electron chi connectivity index (χ3n) is 3.11. The molecule has 6 heteroatoms. The highest BCUT2D eigenvalue weighted by Crippen LogP contribution is 2.09. The number of amides is 2. The molecule has 2 amide bonds. The molecule has 2 rings (SSSR count). The van der Waals surface area contributed by atoms with Crippen molar-refractivity contribution in [2.45, 2.75) is 39.3 Å². The summed E-state index contributed by atoms with van der Waals surface area (Å²) >= 11 is 0. The van der Waals surface area contributed by atoms with Crippen LogP contribution in [0.4, 0.5) is 4.79 Å². The zero-order chi connectivity index (χ0) is 13.8. The number of piperidine rings is 1. The fourth-order valence-electron chi connectivity index (χ4n) is 2.28. The number of nitrogens with one attached hydrogen (secondary N) is 1. The number of carbonyl (C=O) groups excluding carboxylic acids is 1. The van der Waals surface area contributed by atoms with Crippen LogP contribution in [0.3, 0.4) is 0 Å². The maximum atomic E-state index is 11.9. The van der Waals surface area contributed by atoms with Crippen LogP contribution in [0.2, 0.25) is 0 Å². The molecule has 19 heavy (non-hydrogen) atoms. The molecule has 1 aromatic rings. The lowest BCUT2D eigenvalue weighted by Crippen LogP contribution is -2.47. The minimum atomic E-state index is -0.406. The van der Waals surface area contributed by atoms with Gasteiger partial charge in [0, 0.05) is 24.5 Å². The number of likely N-dealkylation sites (tertiary alicyclic amines) is 1. The number of hydrogen-bond donors (Lipinski definition) is 2. The highest BCUT2D eigenvalue weighted by Gasteiger charge is 2.21. The molecule has 2 N–H and O–H groups in total. The quantitative estimate of drug-likeness (QED) is 0.826. The fourth-order valence-corrected chi connectivity index (χ4v) is 2.28. The summed E-state index contributed by atoms with van der Waals surface area (Å²) in [5.41, 5.74) is 1.79. The van der Waals surface area contributed by atoms with Gasteiger partial charge in [0.15, 0.2) is 0 Å². The van der Waals surface area contributed by atoms with Gasteiger partial charge in [-0.1, -0.05) is 0 Å². The van der Waals surface area contributed by atoms with Crippen LogP contribution in [0.5, 0.6) is 0 Å². The van der Waals surface area contributed by atoms with Crippen molar-refractivity contribution in [3.8, 4) is 0 Å². The molecule has 1 fully saturated rings. The third kappa shape index (κ3) is 3.89. The van der Waals surface area contributed by atoms with Gasteiger partial charge in [-0.15, -0.1) is 0 Å². The Hall–Kier alpha value is -1.69. The Morgan fingerprint density at radius 3 is 2.79 bits per heavy atom. The molecule has 1 aliphatic rings. The molecule has 0 aromatic carbocycles. The number of aryl methyl sites for hydroxylation is 2. The number of β-amino-alcohol motifs (C(OH)–C–C–N with tert-alkyl or cyclic N) is 1. The molecular weight excluding hydrogens is 244 g/mol. The summed E-state index contributed by atoms with van der Waals surface area (Å²) < 4.78 is 0. The van der Waals surface area contributed by atoms with Crippen LogP contribution < -0.4 is 5.32 Å². The lowest BCUT2D eigenvalue weighted by Gasteiger charge is -2.30. The Morgan fingerprint density at radius 2 is 2.16 bits per heavy atom. The van der Waals surface area contributed by atoms with E-state index < -0.39 is 6.10 Å². The minimum Gasteiger partial charge on any atom is -0.391 e. The highest BCUT2D eigenvalue weighted by atomic mass is 16.3. The molecule has 1 aliphatic heterocycles. The van der Waals surface area contributed by atoms with Crippen LogP contribution in [0, 0.1) is 13.8 Å². The molecule has 0 bridgehead atoms. The first-order valence-electron chi connectivity index (χ1n) is 6.56. The predicted molar refractivity (Wildman–Crippen MR) is 70.6 cm³/mol. The van der Waals surface area contributed by atoms with Crippen molar-refractivity contribution in [2.24, 2.45) is 0 Å². The molecule has 6 nitrogen and oxygen atoms in total. The monoisotopic (exact) mass is 264 g/mol. The van der Waals surface area contributed by atoms with Crippen molar-refractivity contribution in [3.63, 3.8) is 0 Å². The van der Waals surface area contributed by atoms with E-state index in [0.717, 1.165) is 24.2 Å². The molecule has 0 spiro atoms. The van der Waals surface area contributed by atoms with Gasteiger partial charge in [0.25, 0.3) is 0 Å². The zero-order valence-electron chi connectivity index (χ0n) is 11.4. The molecule has 2 heterocycles. The van der Waals surface area contributed by atoms with Gasteiger partial charge in [0.05, 0.1) is 12.6 Å². The van der Waals surface area contributed by atoms with Gasteiger partial charge in [0.1, 0.15) is 5.82 Å². The Bertz CT molecular complexity index is 444. The van der Waals surface area contributed by atoms with E-state index in [-0.39, 0.29) is 6.03 Å². The van der Waals surface area contributed by atoms with Gasteiger partial charge >= 0.3 is 6.03 Å². The Kier molecular flexibility index (Phi) is 4.31. The summed E-state index contributed by atoms with van der Waals surface area (Å²) in [4.78, 5) is 22.1. The second kappa shape index (κ2) is 5.97. The maximum Gasteiger partial charge on any atom is 0.317 e. The molecule has 0 unspecified atom stereocenters. The topological polar surface area (TPSA) is 78.4 Å². The van der Waals surface area contributed by atoms with Gasteiger partial charge in [-0.3, -0.25) is 0 Å². The van der Waals surface area contributed by atoms with Crippen LogP contribution in [0.1, 0.15) is 30.1 Å². The molecule has 1 aromatic heterocycles. The van der Waals surface area contributed by atoms with E-state index in [1.807, 2.05) is 19.9 Å². The standard InChI is InChI=1S/C13H20N4O2/c1-9-6-10(2)16-12(15-9)7-14-13(19)17-5-3-4-11(18)8-17/h6,11,18H,3-5,7-8H2,1-2H3,(H,14,19)/t11-/m1/s1. The number of aliphatic hydroxyl groups is 1. The van der Waals surface area contributed by atoms with Crippen molar-refractivity contribution < 1.29 is 9.90 Å². The predicted octanol–water partition coefficient (Wildman–Crippen LogP) is 0.760. The van der Waals surface area contributed by atoms with E-state index >= 15 is 0 Å². The number of carbonyl (C=O) groups is 1. The maximum absolute atomic E-state index is 11.9. The van der Waals surface area contributed by atoms with Crippen molar-refractivity contribution in [3.05, 3.63) is 23.3 Å². The molecule has 1 atom stereocenters. The Morgan fingerprint density at radius 1 is 1.47 bits per heavy atom. The van der Waals surface area contributed by atoms with Crippen LogP contribution >= 0.6 is 0 Å². The number of nitrogens with zero attached hydrogens (tertiary/aromatic N) is 3. The summed E-state index contributed by atoms with van der Waals surface area (Å²) in [6.07, 6.45) is 1.20. The first-order valence-corrected chi connectivity index (χ1v) is 6.56. The van der Waals surface area contributed by atoms with Gasteiger partial charge in [-0.05, 0) is 32.8 Å². The van der Waals surface area contributed by atoms with Crippen molar-refractivity contribution >= 4 is 6.03 Å². The average molecular weight is 264 g/mol. The molecule has 0 radical (unpaired) electrons. The number of urea groups is 1. The van der Waals surface area contributed by atoms with E-state index in [1.165, 1.54) is 0 Å². The lowest BCUT2D eigenvalue weighted by atomic mass is 10.1. The number of hydrogen-bond acceptors (Lipinski definition) is 4. The molecule has 0 saturated carbocycles. The number of aliphatic hydroxyl groups excluding tert-OH is 1. The second-order valence-electron chi connectivity index (χ2n) is 4.97. The van der Waals surface area contributed by atoms with Crippen LogP contribution in [0.25, 0.3) is 0 Å². The molecule has 1 saturated heterocycles. The van der Waals surface area contributed by atoms with Gasteiger partial charge in [0.2, 0.25) is 0 Å². The summed E-state index contributed by atoms with van der Waals surface area (Å²) in [7, 11) is 0. The summed E-state index contributed by atoms with van der Waals surface area (Å²) in [5, 5.41) is 12.3. The molecule has 104 valence electrons. The van der Waals surface area contributed by atoms with E-state index in [9.17, 15) is 9.90 Å². The first kappa shape index (κ1) is 13.7. The zero-order valence-corrected chi connectivity index (χ0v) is 11.4. The first-order chi connectivity index (χ1) is 9.04. The SMILES string of the molecule is Cc1cc(C)nc(CNC(=O)N2CCC[C@@H](O)C2)n1. The van der Waals surface area contributed by atoms with Crippen LogP contribution in [0.15, 0.2) is 6.07 Å². The fraction of sp³-hybridized carbons (Fsp3) is 0.615. The summed E-state index contributed by atoms with van der Waals surface area (Å²) in [6, 6.07) is 1.73. The number of aromatic nitrogens is 2. The van der Waals surface area contributed by atoms with Gasteiger partial charge < -0.3 is 15.3 Å². The van der Waals surface area contributed by atoms with Gasteiger partial charge in [-0.25, -0.2) is 14.8 Å². The molecule has 0 aliphatic carbocycles. The molecular formula is C13H20N4O2. The van der Waals surface area contributed by atoms with Crippen molar-refractivity contribution in [1.82, 2.24) is 20.2 Å². The largest absolute Gasteiger partial charge is 0.391 e. The van der Waals surface area contributed by atoms with Crippen molar-refractivity contribution in [1.29, 1.82) is 0 Å². The minimum absolute atomic E-state index is 0.165. The second-order valence-corrected chi connectivity index (χ2v) is 4.97. The Balaban J connectivity index is 1.89. The smallest absolute Gasteiger partial charge is 0.317 e. The highest BCUT2D eigenvalue weighted by molar-refractivity contribution is 5.74. The third-order valence-corrected chi connectivity index (χ3v) is 3.11. The van der Waals surface area contributed by atoms with E-state index in [0.29, 0.717) is 25.5 Å². The summed E-state index contributed by atoms with van der Waals surface area (Å²) in [5.74, 6) is 0.614. The average Bonchev–Trinajstić information content (AvgIpc) is 2.35. The van der Waals surface area contributed by atoms with E-state index in [2.05, 4.69) is 15.3 Å². The van der Waals surface area contributed by atoms with Crippen molar-refractivity contribution in [2.75, 3.05) is 13.1 Å². The number of rotatable bonds is 2. The lowest BCUT2D eigenvalue weighted by molar-refractivity contribution is 0.0841. The normalized spacial score (nSPS) is 19.3. The van der Waals surface area contributed by atoms with E-state index in [1.54, 1.807) is 4.90 Å². The van der Waals surface area contributed by atoms with Crippen LogP contribution in [-0.4, -0.2) is 45.2 Å². The van der Waals surface area contributed by atoms with Crippen LogP contribution in [-0.2, 0) is 6.54 Å².